The van der Waals surface area contributed by atoms with E-state index in [1.807, 2.05) is 31.7 Å². The molecule has 84 valence electrons. The summed E-state index contributed by atoms with van der Waals surface area (Å²) < 4.78 is 0. The fourth-order valence-corrected chi connectivity index (χ4v) is 1.83. The number of nitrogens with zero attached hydrogens (tertiary/aromatic N) is 2. The average molecular weight is 224 g/mol. The van der Waals surface area contributed by atoms with E-state index >= 15 is 0 Å². The van der Waals surface area contributed by atoms with Crippen LogP contribution in [0.3, 0.4) is 0 Å². The summed E-state index contributed by atoms with van der Waals surface area (Å²) in [5.74, 6) is 0. The molecule has 4 heteroatoms. The zero-order valence-corrected chi connectivity index (χ0v) is 9.44. The third-order valence-corrected chi connectivity index (χ3v) is 2.76. The predicted molar refractivity (Wildman–Crippen MR) is 68.9 cm³/mol. The van der Waals surface area contributed by atoms with Gasteiger partial charge in [-0.15, -0.1) is 0 Å². The highest BCUT2D eigenvalue weighted by molar-refractivity contribution is 5.81. The van der Waals surface area contributed by atoms with Crippen molar-refractivity contribution in [1.29, 1.82) is 0 Å². The lowest BCUT2D eigenvalue weighted by Crippen LogP contribution is -1.90. The normalized spacial score (nSPS) is 10.6. The van der Waals surface area contributed by atoms with E-state index in [1.54, 1.807) is 6.20 Å². The molecule has 3 rings (SSSR count). The summed E-state index contributed by atoms with van der Waals surface area (Å²) in [5, 5.41) is 4.19. The van der Waals surface area contributed by atoms with Crippen molar-refractivity contribution in [3.05, 3.63) is 43.0 Å². The number of rotatable bonds is 2. The fourth-order valence-electron chi connectivity index (χ4n) is 1.83. The second-order valence-electron chi connectivity index (χ2n) is 3.85. The summed E-state index contributed by atoms with van der Waals surface area (Å²) in [4.78, 5) is 11.7. The minimum atomic E-state index is 0.909. The zero-order chi connectivity index (χ0) is 11.7. The van der Waals surface area contributed by atoms with E-state index in [-0.39, 0.29) is 0 Å². The molecule has 0 aromatic carbocycles. The zero-order valence-electron chi connectivity index (χ0n) is 9.44. The number of H-pyrrole nitrogens is 1. The van der Waals surface area contributed by atoms with Gasteiger partial charge in [0.15, 0.2) is 0 Å². The lowest BCUT2D eigenvalue weighted by molar-refractivity contribution is 1.29. The Hall–Kier alpha value is -2.36. The largest absolute Gasteiger partial charge is 0.387 e. The van der Waals surface area contributed by atoms with Gasteiger partial charge in [-0.25, -0.2) is 4.98 Å². The molecule has 0 atom stereocenters. The van der Waals surface area contributed by atoms with Crippen LogP contribution in [0.4, 0.5) is 5.69 Å². The quantitative estimate of drug-likeness (QED) is 0.703. The van der Waals surface area contributed by atoms with Gasteiger partial charge in [0.25, 0.3) is 0 Å². The average Bonchev–Trinajstić information content (AvgIpc) is 2.86. The number of hydrogen-bond acceptors (Lipinski definition) is 3. The molecule has 0 aliphatic carbocycles. The van der Waals surface area contributed by atoms with Crippen molar-refractivity contribution in [2.24, 2.45) is 0 Å². The predicted octanol–water partition coefficient (Wildman–Crippen LogP) is 2.67. The Bertz CT molecular complexity index is 657. The van der Waals surface area contributed by atoms with Gasteiger partial charge in [-0.2, -0.15) is 0 Å². The molecule has 0 saturated heterocycles. The topological polar surface area (TPSA) is 53.6 Å². The van der Waals surface area contributed by atoms with Crippen LogP contribution < -0.4 is 5.32 Å². The first kappa shape index (κ1) is 9.84. The first-order chi connectivity index (χ1) is 8.36. The van der Waals surface area contributed by atoms with Gasteiger partial charge >= 0.3 is 0 Å². The number of nitrogens with one attached hydrogen (secondary N) is 2. The highest BCUT2D eigenvalue weighted by atomic mass is 14.8. The van der Waals surface area contributed by atoms with Crippen molar-refractivity contribution in [1.82, 2.24) is 15.0 Å². The number of fused-ring (bicyclic) bond motifs is 1. The highest BCUT2D eigenvalue weighted by Crippen LogP contribution is 2.23. The molecule has 0 aliphatic rings. The van der Waals surface area contributed by atoms with E-state index < -0.39 is 0 Å². The van der Waals surface area contributed by atoms with Crippen LogP contribution in [-0.4, -0.2) is 22.0 Å². The maximum atomic E-state index is 4.37. The number of anilines is 1. The number of aromatic nitrogens is 3. The summed E-state index contributed by atoms with van der Waals surface area (Å²) in [6.45, 7) is 0. The SMILES string of the molecule is CNc1cncc(-c2cnc3[nH]ccc3c2)c1. The molecule has 2 N–H and O–H groups in total. The van der Waals surface area contributed by atoms with Gasteiger partial charge < -0.3 is 10.3 Å². The smallest absolute Gasteiger partial charge is 0.137 e. The van der Waals surface area contributed by atoms with Crippen LogP contribution in [0, 0.1) is 0 Å². The van der Waals surface area contributed by atoms with E-state index in [4.69, 9.17) is 0 Å². The first-order valence-electron chi connectivity index (χ1n) is 5.43. The van der Waals surface area contributed by atoms with Gasteiger partial charge in [0.05, 0.1) is 5.69 Å². The van der Waals surface area contributed by atoms with Gasteiger partial charge in [0, 0.05) is 48.3 Å². The summed E-state index contributed by atoms with van der Waals surface area (Å²) in [7, 11) is 1.88. The minimum absolute atomic E-state index is 0.909. The Morgan fingerprint density at radius 3 is 2.88 bits per heavy atom. The van der Waals surface area contributed by atoms with Crippen LogP contribution in [-0.2, 0) is 0 Å². The molecule has 0 fully saturated rings. The molecule has 0 aliphatic heterocycles. The van der Waals surface area contributed by atoms with E-state index in [9.17, 15) is 0 Å². The molecular formula is C13H12N4. The number of hydrogen-bond donors (Lipinski definition) is 2. The molecule has 0 radical (unpaired) electrons. The molecule has 0 amide bonds. The second-order valence-corrected chi connectivity index (χ2v) is 3.85. The number of aromatic amines is 1. The molecule has 3 aromatic rings. The molecule has 0 unspecified atom stereocenters. The van der Waals surface area contributed by atoms with Crippen molar-refractivity contribution < 1.29 is 0 Å². The maximum absolute atomic E-state index is 4.37. The molecule has 0 spiro atoms. The van der Waals surface area contributed by atoms with Crippen molar-refractivity contribution in [2.45, 2.75) is 0 Å². The molecule has 3 heterocycles. The minimum Gasteiger partial charge on any atom is -0.387 e. The second kappa shape index (κ2) is 3.90. The fraction of sp³-hybridized carbons (Fsp3) is 0.0769. The van der Waals surface area contributed by atoms with Crippen molar-refractivity contribution in [3.63, 3.8) is 0 Å². The molecule has 17 heavy (non-hydrogen) atoms. The third-order valence-electron chi connectivity index (χ3n) is 2.76. The third kappa shape index (κ3) is 1.73. The van der Waals surface area contributed by atoms with Crippen LogP contribution in [0.25, 0.3) is 22.2 Å². The van der Waals surface area contributed by atoms with Crippen LogP contribution >= 0.6 is 0 Å². The molecule has 3 aromatic heterocycles. The lowest BCUT2D eigenvalue weighted by atomic mass is 10.1. The van der Waals surface area contributed by atoms with Gasteiger partial charge in [-0.3, -0.25) is 4.98 Å². The Morgan fingerprint density at radius 1 is 1.12 bits per heavy atom. The molecule has 4 nitrogen and oxygen atoms in total. The Labute approximate surface area is 98.7 Å². The molecule has 0 saturated carbocycles. The Balaban J connectivity index is 2.12. The van der Waals surface area contributed by atoms with Crippen LogP contribution in [0.5, 0.6) is 0 Å². The first-order valence-corrected chi connectivity index (χ1v) is 5.43. The van der Waals surface area contributed by atoms with Crippen LogP contribution in [0.15, 0.2) is 43.0 Å². The van der Waals surface area contributed by atoms with Crippen LogP contribution in [0.1, 0.15) is 0 Å². The summed E-state index contributed by atoms with van der Waals surface area (Å²) >= 11 is 0. The molecule has 0 bridgehead atoms. The van der Waals surface area contributed by atoms with E-state index in [0.29, 0.717) is 0 Å². The Kier molecular flexibility index (Phi) is 2.26. The standard InChI is InChI=1S/C13H12N4/c1-14-12-5-11(6-15-8-12)10-4-9-2-3-16-13(9)17-7-10/h2-8,14H,1H3,(H,16,17). The van der Waals surface area contributed by atoms with Gasteiger partial charge in [0.2, 0.25) is 0 Å². The van der Waals surface area contributed by atoms with Crippen molar-refractivity contribution in [2.75, 3.05) is 12.4 Å². The van der Waals surface area contributed by atoms with E-state index in [0.717, 1.165) is 27.8 Å². The monoisotopic (exact) mass is 224 g/mol. The van der Waals surface area contributed by atoms with Gasteiger partial charge in [-0.05, 0) is 18.2 Å². The summed E-state index contributed by atoms with van der Waals surface area (Å²) in [6.07, 6.45) is 7.39. The van der Waals surface area contributed by atoms with Crippen molar-refractivity contribution >= 4 is 16.7 Å². The molecular weight excluding hydrogens is 212 g/mol. The maximum Gasteiger partial charge on any atom is 0.137 e. The van der Waals surface area contributed by atoms with E-state index in [2.05, 4.69) is 32.4 Å². The number of pyridine rings is 2. The summed E-state index contributed by atoms with van der Waals surface area (Å²) in [5.41, 5.74) is 4.04. The highest BCUT2D eigenvalue weighted by Gasteiger charge is 2.02. The van der Waals surface area contributed by atoms with Gasteiger partial charge in [-0.1, -0.05) is 0 Å². The van der Waals surface area contributed by atoms with Crippen LogP contribution in [0.2, 0.25) is 0 Å². The lowest BCUT2D eigenvalue weighted by Gasteiger charge is -2.04. The van der Waals surface area contributed by atoms with Crippen molar-refractivity contribution in [3.8, 4) is 11.1 Å². The Morgan fingerprint density at radius 2 is 2.00 bits per heavy atom. The van der Waals surface area contributed by atoms with Gasteiger partial charge in [0.1, 0.15) is 5.65 Å². The van der Waals surface area contributed by atoms with E-state index in [1.165, 1.54) is 0 Å². The summed E-state index contributed by atoms with van der Waals surface area (Å²) in [6, 6.07) is 6.18.